The molecule has 0 spiro atoms. The zero-order valence-corrected chi connectivity index (χ0v) is 11.0. The lowest BCUT2D eigenvalue weighted by Gasteiger charge is -2.20. The van der Waals surface area contributed by atoms with Crippen molar-refractivity contribution >= 4 is 5.97 Å². The molecule has 3 nitrogen and oxygen atoms in total. The molecule has 0 aliphatic heterocycles. The molecule has 0 heterocycles. The average Bonchev–Trinajstić information content (AvgIpc) is 3.22. The van der Waals surface area contributed by atoms with Crippen molar-refractivity contribution in [2.75, 3.05) is 13.7 Å². The topological polar surface area (TPSA) is 38.3 Å². The summed E-state index contributed by atoms with van der Waals surface area (Å²) in [6.07, 6.45) is -2.37. The van der Waals surface area contributed by atoms with Crippen LogP contribution in [0, 0.1) is 0 Å². The molecule has 20 heavy (non-hydrogen) atoms. The summed E-state index contributed by atoms with van der Waals surface area (Å²) in [5.74, 6) is -0.367. The number of hydrogen-bond acceptors (Lipinski definition) is 3. The first-order chi connectivity index (χ1) is 9.42. The fourth-order valence-corrected chi connectivity index (χ4v) is 2.20. The molecule has 1 unspecified atom stereocenters. The van der Waals surface area contributed by atoms with Crippen LogP contribution in [0.5, 0.6) is 0 Å². The molecule has 1 saturated carbocycles. The highest BCUT2D eigenvalue weighted by molar-refractivity contribution is 5.78. The summed E-state index contributed by atoms with van der Waals surface area (Å²) >= 11 is 0. The molecular weight excluding hydrogens is 271 g/mol. The minimum absolute atomic E-state index is 0.339. The van der Waals surface area contributed by atoms with Gasteiger partial charge in [0.15, 0.2) is 0 Å². The van der Waals surface area contributed by atoms with E-state index in [-0.39, 0.29) is 0 Å². The number of carbonyl (C=O) groups excluding carboxylic acids is 1. The third kappa shape index (κ3) is 3.72. The Labute approximate surface area is 115 Å². The van der Waals surface area contributed by atoms with Crippen molar-refractivity contribution in [3.05, 3.63) is 35.4 Å². The molecule has 1 aromatic carbocycles. The second-order valence-electron chi connectivity index (χ2n) is 4.86. The number of rotatable bonds is 5. The molecule has 0 bridgehead atoms. The first-order valence-electron chi connectivity index (χ1n) is 6.39. The molecule has 6 heteroatoms. The molecule has 1 aliphatic rings. The van der Waals surface area contributed by atoms with Crippen LogP contribution in [-0.4, -0.2) is 25.8 Å². The Kier molecular flexibility index (Phi) is 4.32. The van der Waals surface area contributed by atoms with Crippen molar-refractivity contribution in [2.45, 2.75) is 31.0 Å². The van der Waals surface area contributed by atoms with Crippen molar-refractivity contribution < 1.29 is 22.7 Å². The van der Waals surface area contributed by atoms with Gasteiger partial charge in [0, 0.05) is 0 Å². The Balaban J connectivity index is 2.24. The van der Waals surface area contributed by atoms with Crippen molar-refractivity contribution in [3.63, 3.8) is 0 Å². The van der Waals surface area contributed by atoms with Crippen LogP contribution in [0.15, 0.2) is 24.3 Å². The van der Waals surface area contributed by atoms with E-state index in [4.69, 9.17) is 0 Å². The maximum Gasteiger partial charge on any atom is 0.401 e. The quantitative estimate of drug-likeness (QED) is 0.846. The number of ether oxygens (including phenoxy) is 1. The monoisotopic (exact) mass is 287 g/mol. The Morgan fingerprint density at radius 1 is 1.40 bits per heavy atom. The maximum atomic E-state index is 12.4. The molecule has 0 saturated heterocycles. The molecule has 110 valence electrons. The van der Waals surface area contributed by atoms with E-state index in [2.05, 4.69) is 10.1 Å². The number of hydrogen-bond donors (Lipinski definition) is 1. The van der Waals surface area contributed by atoms with Gasteiger partial charge in [-0.3, -0.25) is 5.32 Å². The largest absolute Gasteiger partial charge is 0.468 e. The highest BCUT2D eigenvalue weighted by Crippen LogP contribution is 2.43. The van der Waals surface area contributed by atoms with E-state index in [0.29, 0.717) is 11.5 Å². The maximum absolute atomic E-state index is 12.4. The smallest absolute Gasteiger partial charge is 0.401 e. The van der Waals surface area contributed by atoms with Crippen LogP contribution in [-0.2, 0) is 9.53 Å². The van der Waals surface area contributed by atoms with E-state index in [1.54, 1.807) is 12.1 Å². The summed E-state index contributed by atoms with van der Waals surface area (Å²) < 4.78 is 41.7. The van der Waals surface area contributed by atoms with Crippen molar-refractivity contribution in [2.24, 2.45) is 0 Å². The van der Waals surface area contributed by atoms with Crippen LogP contribution in [0.3, 0.4) is 0 Å². The van der Waals surface area contributed by atoms with Gasteiger partial charge in [-0.05, 0) is 29.9 Å². The SMILES string of the molecule is COC(=O)C(NCC(F)(F)F)c1ccccc1C1CC1. The fraction of sp³-hybridized carbons (Fsp3) is 0.500. The lowest BCUT2D eigenvalue weighted by Crippen LogP contribution is -2.37. The van der Waals surface area contributed by atoms with Crippen LogP contribution in [0.25, 0.3) is 0 Å². The molecule has 1 N–H and O–H groups in total. The van der Waals surface area contributed by atoms with E-state index in [1.807, 2.05) is 12.1 Å². The molecular formula is C14H16F3NO2. The van der Waals surface area contributed by atoms with Crippen molar-refractivity contribution in [3.8, 4) is 0 Å². The second kappa shape index (κ2) is 5.83. The molecule has 1 aromatic rings. The van der Waals surface area contributed by atoms with Gasteiger partial charge < -0.3 is 4.74 Å². The van der Waals surface area contributed by atoms with Gasteiger partial charge in [-0.15, -0.1) is 0 Å². The summed E-state index contributed by atoms with van der Waals surface area (Å²) in [5, 5.41) is 2.25. The molecule has 0 radical (unpaired) electrons. The lowest BCUT2D eigenvalue weighted by atomic mass is 9.97. The number of methoxy groups -OCH3 is 1. The molecule has 1 atom stereocenters. The number of carbonyl (C=O) groups is 1. The normalized spacial score (nSPS) is 16.8. The van der Waals surface area contributed by atoms with Gasteiger partial charge in [0.05, 0.1) is 13.7 Å². The average molecular weight is 287 g/mol. The number of benzene rings is 1. The fourth-order valence-electron chi connectivity index (χ4n) is 2.20. The van der Waals surface area contributed by atoms with Crippen molar-refractivity contribution in [1.29, 1.82) is 0 Å². The zero-order valence-electron chi connectivity index (χ0n) is 11.0. The second-order valence-corrected chi connectivity index (χ2v) is 4.86. The van der Waals surface area contributed by atoms with Gasteiger partial charge >= 0.3 is 12.1 Å². The Bertz CT molecular complexity index is 484. The Hall–Kier alpha value is -1.56. The van der Waals surface area contributed by atoms with Crippen LogP contribution in [0.4, 0.5) is 13.2 Å². The van der Waals surface area contributed by atoms with Crippen LogP contribution >= 0.6 is 0 Å². The highest BCUT2D eigenvalue weighted by Gasteiger charge is 2.34. The van der Waals surface area contributed by atoms with Gasteiger partial charge in [-0.25, -0.2) is 4.79 Å². The zero-order chi connectivity index (χ0) is 14.8. The van der Waals surface area contributed by atoms with Gasteiger partial charge in [0.25, 0.3) is 0 Å². The summed E-state index contributed by atoms with van der Waals surface area (Å²) in [5.41, 5.74) is 1.50. The number of nitrogens with one attached hydrogen (secondary N) is 1. The van der Waals surface area contributed by atoms with Gasteiger partial charge in [-0.2, -0.15) is 13.2 Å². The first-order valence-corrected chi connectivity index (χ1v) is 6.39. The lowest BCUT2D eigenvalue weighted by molar-refractivity contribution is -0.146. The minimum Gasteiger partial charge on any atom is -0.468 e. The van der Waals surface area contributed by atoms with Crippen LogP contribution in [0.2, 0.25) is 0 Å². The van der Waals surface area contributed by atoms with Crippen LogP contribution < -0.4 is 5.32 Å². The van der Waals surface area contributed by atoms with E-state index in [9.17, 15) is 18.0 Å². The predicted molar refractivity (Wildman–Crippen MR) is 67.2 cm³/mol. The number of alkyl halides is 3. The molecule has 1 aliphatic carbocycles. The standard InChI is InChI=1S/C14H16F3NO2/c1-20-13(19)12(18-8-14(15,16)17)11-5-3-2-4-10(11)9-6-7-9/h2-5,9,12,18H,6-8H2,1H3. The van der Waals surface area contributed by atoms with Crippen LogP contribution in [0.1, 0.15) is 35.9 Å². The predicted octanol–water partition coefficient (Wildman–Crippen LogP) is 2.93. The van der Waals surface area contributed by atoms with E-state index >= 15 is 0 Å². The molecule has 2 rings (SSSR count). The molecule has 1 fully saturated rings. The highest BCUT2D eigenvalue weighted by atomic mass is 19.4. The summed E-state index contributed by atoms with van der Waals surface area (Å²) in [4.78, 5) is 11.8. The third-order valence-electron chi connectivity index (χ3n) is 3.27. The van der Waals surface area contributed by atoms with E-state index in [1.165, 1.54) is 7.11 Å². The summed E-state index contributed by atoms with van der Waals surface area (Å²) in [7, 11) is 1.17. The van der Waals surface area contributed by atoms with Gasteiger partial charge in [-0.1, -0.05) is 24.3 Å². The summed E-state index contributed by atoms with van der Waals surface area (Å²) in [6, 6.07) is 6.00. The van der Waals surface area contributed by atoms with Crippen molar-refractivity contribution in [1.82, 2.24) is 5.32 Å². The Morgan fingerprint density at radius 3 is 2.60 bits per heavy atom. The van der Waals surface area contributed by atoms with Gasteiger partial charge in [0.1, 0.15) is 6.04 Å². The van der Waals surface area contributed by atoms with Gasteiger partial charge in [0.2, 0.25) is 0 Å². The summed E-state index contributed by atoms with van der Waals surface area (Å²) in [6.45, 7) is -1.23. The van der Waals surface area contributed by atoms with E-state index in [0.717, 1.165) is 18.4 Å². The number of esters is 1. The molecule has 0 amide bonds. The third-order valence-corrected chi connectivity index (χ3v) is 3.27. The minimum atomic E-state index is -4.37. The Morgan fingerprint density at radius 2 is 2.05 bits per heavy atom. The number of halogens is 3. The first kappa shape index (κ1) is 14.8. The van der Waals surface area contributed by atoms with E-state index < -0.39 is 24.7 Å². The molecule has 0 aromatic heterocycles.